The minimum absolute atomic E-state index is 0.858. The van der Waals surface area contributed by atoms with Crippen LogP contribution in [0.2, 0.25) is 0 Å². The predicted octanol–water partition coefficient (Wildman–Crippen LogP) is 3.24. The summed E-state index contributed by atoms with van der Waals surface area (Å²) in [5.41, 5.74) is 1.71. The molecule has 1 aliphatic rings. The molecule has 0 saturated heterocycles. The summed E-state index contributed by atoms with van der Waals surface area (Å²) in [6.07, 6.45) is 3.64. The first-order valence-corrected chi connectivity index (χ1v) is 4.38. The maximum absolute atomic E-state index is 2.32. The lowest BCUT2D eigenvalue weighted by atomic mass is 10.1. The first kappa shape index (κ1) is 7.84. The second kappa shape index (κ2) is 2.77. The molecule has 2 atom stereocenters. The highest BCUT2D eigenvalue weighted by Crippen LogP contribution is 2.52. The fourth-order valence-corrected chi connectivity index (χ4v) is 2.11. The molecule has 0 aromatic rings. The summed E-state index contributed by atoms with van der Waals surface area (Å²) in [6, 6.07) is 0. The van der Waals surface area contributed by atoms with Crippen LogP contribution in [0.4, 0.5) is 0 Å². The van der Waals surface area contributed by atoms with Gasteiger partial charge < -0.3 is 0 Å². The highest BCUT2D eigenvalue weighted by atomic mass is 14.5. The van der Waals surface area contributed by atoms with Crippen LogP contribution in [0.1, 0.15) is 34.1 Å². The molecular weight excluding hydrogens is 120 g/mol. The molecule has 0 heteroatoms. The molecule has 0 aromatic heterocycles. The van der Waals surface area contributed by atoms with Gasteiger partial charge in [-0.2, -0.15) is 0 Å². The van der Waals surface area contributed by atoms with Crippen molar-refractivity contribution in [3.05, 3.63) is 11.6 Å². The average molecular weight is 138 g/mol. The van der Waals surface area contributed by atoms with E-state index >= 15 is 0 Å². The second-order valence-electron chi connectivity index (χ2n) is 3.57. The summed E-state index contributed by atoms with van der Waals surface area (Å²) in [4.78, 5) is 0. The van der Waals surface area contributed by atoms with Gasteiger partial charge in [0.2, 0.25) is 0 Å². The largest absolute Gasteiger partial charge is 0.0878 e. The molecule has 0 radical (unpaired) electrons. The summed E-state index contributed by atoms with van der Waals surface area (Å²) in [7, 11) is 0. The maximum atomic E-state index is 2.32. The van der Waals surface area contributed by atoms with Gasteiger partial charge in [0.1, 0.15) is 0 Å². The van der Waals surface area contributed by atoms with Gasteiger partial charge in [0.15, 0.2) is 0 Å². The fraction of sp³-hybridized carbons (Fsp3) is 0.800. The smallest absolute Gasteiger partial charge is 0.0112 e. The molecule has 10 heavy (non-hydrogen) atoms. The lowest BCUT2D eigenvalue weighted by molar-refractivity contribution is 0.516. The van der Waals surface area contributed by atoms with Crippen molar-refractivity contribution in [2.45, 2.75) is 34.1 Å². The quantitative estimate of drug-likeness (QED) is 0.514. The van der Waals surface area contributed by atoms with Crippen molar-refractivity contribution in [2.24, 2.45) is 17.8 Å². The van der Waals surface area contributed by atoms with Gasteiger partial charge in [-0.15, -0.1) is 0 Å². The Hall–Kier alpha value is -0.260. The van der Waals surface area contributed by atoms with E-state index in [-0.39, 0.29) is 0 Å². The molecule has 0 aromatic carbocycles. The summed E-state index contributed by atoms with van der Waals surface area (Å²) >= 11 is 0. The maximum Gasteiger partial charge on any atom is -0.0112 e. The zero-order chi connectivity index (χ0) is 7.72. The normalized spacial score (nSPS) is 35.5. The molecule has 1 saturated carbocycles. The van der Waals surface area contributed by atoms with E-state index < -0.39 is 0 Å². The average Bonchev–Trinajstić information content (AvgIpc) is 2.60. The van der Waals surface area contributed by atoms with Gasteiger partial charge in [0.25, 0.3) is 0 Å². The van der Waals surface area contributed by atoms with Gasteiger partial charge in [0, 0.05) is 0 Å². The molecule has 0 N–H and O–H groups in total. The van der Waals surface area contributed by atoms with E-state index in [1.807, 2.05) is 0 Å². The Morgan fingerprint density at radius 1 is 1.50 bits per heavy atom. The first-order valence-electron chi connectivity index (χ1n) is 4.38. The van der Waals surface area contributed by atoms with Crippen molar-refractivity contribution >= 4 is 0 Å². The van der Waals surface area contributed by atoms with E-state index in [0.717, 1.165) is 17.8 Å². The molecule has 2 unspecified atom stereocenters. The lowest BCUT2D eigenvalue weighted by Crippen LogP contribution is -1.91. The zero-order valence-corrected chi connectivity index (χ0v) is 7.52. The van der Waals surface area contributed by atoms with Crippen LogP contribution < -0.4 is 0 Å². The number of hydrogen-bond acceptors (Lipinski definition) is 0. The van der Waals surface area contributed by atoms with E-state index in [0.29, 0.717) is 0 Å². The molecule has 1 rings (SSSR count). The molecule has 0 aliphatic heterocycles. The third-order valence-electron chi connectivity index (χ3n) is 2.63. The van der Waals surface area contributed by atoms with Crippen LogP contribution in [0.15, 0.2) is 11.6 Å². The topological polar surface area (TPSA) is 0 Å². The van der Waals surface area contributed by atoms with Crippen LogP contribution >= 0.6 is 0 Å². The third kappa shape index (κ3) is 1.12. The van der Waals surface area contributed by atoms with Gasteiger partial charge in [-0.25, -0.2) is 0 Å². The molecule has 1 fully saturated rings. The third-order valence-corrected chi connectivity index (χ3v) is 2.63. The van der Waals surface area contributed by atoms with Crippen LogP contribution in [0, 0.1) is 17.8 Å². The molecule has 58 valence electrons. The lowest BCUT2D eigenvalue weighted by Gasteiger charge is -1.98. The highest BCUT2D eigenvalue weighted by molar-refractivity contribution is 5.29. The minimum Gasteiger partial charge on any atom is -0.0878 e. The Bertz CT molecular complexity index is 142. The van der Waals surface area contributed by atoms with Crippen molar-refractivity contribution in [3.8, 4) is 0 Å². The van der Waals surface area contributed by atoms with Crippen LogP contribution in [0.5, 0.6) is 0 Å². The number of hydrogen-bond donors (Lipinski definition) is 0. The van der Waals surface area contributed by atoms with Gasteiger partial charge >= 0.3 is 0 Å². The van der Waals surface area contributed by atoms with Crippen molar-refractivity contribution in [2.75, 3.05) is 0 Å². The van der Waals surface area contributed by atoms with Crippen LogP contribution in [0.3, 0.4) is 0 Å². The summed E-state index contributed by atoms with van der Waals surface area (Å²) in [5, 5.41) is 0. The highest BCUT2D eigenvalue weighted by Gasteiger charge is 2.42. The van der Waals surface area contributed by atoms with Crippen molar-refractivity contribution in [1.29, 1.82) is 0 Å². The number of rotatable bonds is 2. The van der Waals surface area contributed by atoms with Crippen LogP contribution in [-0.4, -0.2) is 0 Å². The molecule has 0 bridgehead atoms. The Kier molecular flexibility index (Phi) is 2.18. The monoisotopic (exact) mass is 138 g/mol. The molecule has 0 heterocycles. The van der Waals surface area contributed by atoms with Crippen LogP contribution in [0.25, 0.3) is 0 Å². The van der Waals surface area contributed by atoms with E-state index in [2.05, 4.69) is 33.8 Å². The van der Waals surface area contributed by atoms with Crippen molar-refractivity contribution in [3.63, 3.8) is 0 Å². The first-order chi connectivity index (χ1) is 4.72. The number of allylic oxidation sites excluding steroid dienone is 2. The Morgan fingerprint density at radius 2 is 2.10 bits per heavy atom. The zero-order valence-electron chi connectivity index (χ0n) is 7.52. The summed E-state index contributed by atoms with van der Waals surface area (Å²) in [6.45, 7) is 9.10. The van der Waals surface area contributed by atoms with E-state index in [9.17, 15) is 0 Å². The molecule has 1 aliphatic carbocycles. The van der Waals surface area contributed by atoms with E-state index in [1.165, 1.54) is 6.42 Å². The molecule has 0 amide bonds. The molecular formula is C10H18. The van der Waals surface area contributed by atoms with Gasteiger partial charge in [-0.05, 0) is 31.1 Å². The van der Waals surface area contributed by atoms with E-state index in [4.69, 9.17) is 0 Å². The fourth-order valence-electron chi connectivity index (χ4n) is 2.11. The van der Waals surface area contributed by atoms with Crippen molar-refractivity contribution in [1.82, 2.24) is 0 Å². The Labute approximate surface area is 64.3 Å². The van der Waals surface area contributed by atoms with Crippen molar-refractivity contribution < 1.29 is 0 Å². The Balaban J connectivity index is 2.53. The summed E-state index contributed by atoms with van der Waals surface area (Å²) < 4.78 is 0. The van der Waals surface area contributed by atoms with Crippen LogP contribution in [-0.2, 0) is 0 Å². The second-order valence-corrected chi connectivity index (χ2v) is 3.57. The van der Waals surface area contributed by atoms with E-state index in [1.54, 1.807) is 5.57 Å². The summed E-state index contributed by atoms with van der Waals surface area (Å²) in [5.74, 6) is 2.72. The van der Waals surface area contributed by atoms with Gasteiger partial charge in [0.05, 0.1) is 0 Å². The van der Waals surface area contributed by atoms with Gasteiger partial charge in [-0.3, -0.25) is 0 Å². The van der Waals surface area contributed by atoms with Gasteiger partial charge in [-0.1, -0.05) is 32.4 Å². The molecule has 0 spiro atoms. The minimum atomic E-state index is 0.858. The SMILES string of the molecule is CC=C1C(CC)C1C(C)C. The molecule has 0 nitrogen and oxygen atoms in total. The Morgan fingerprint density at radius 3 is 2.20 bits per heavy atom. The predicted molar refractivity (Wildman–Crippen MR) is 45.9 cm³/mol. The standard InChI is InChI=1S/C10H18/c1-5-8-9(6-2)10(8)7(3)4/h5,7,9-10H,6H2,1-4H3.